The summed E-state index contributed by atoms with van der Waals surface area (Å²) in [6.07, 6.45) is 0. The topological polar surface area (TPSA) is 49.8 Å². The fraction of sp³-hybridized carbons (Fsp3) is 0.100. The van der Waals surface area contributed by atoms with Crippen molar-refractivity contribution in [3.8, 4) is 6.07 Å². The molecule has 0 aliphatic rings. The lowest BCUT2D eigenvalue weighted by molar-refractivity contribution is 1.43. The van der Waals surface area contributed by atoms with E-state index in [2.05, 4.69) is 6.07 Å². The fourth-order valence-electron chi connectivity index (χ4n) is 1.33. The first kappa shape index (κ1) is 9.32. The molecule has 0 atom stereocenters. The van der Waals surface area contributed by atoms with Crippen LogP contribution in [0.3, 0.4) is 0 Å². The molecule has 70 valence electrons. The standard InChI is InChI=1S/C10H7ClN2S/c11-3-6-1-10-8(2-9(6)13)7(4-12)5-14-10/h1-2,5H,3,13H2. The Hall–Kier alpha value is -1.24. The van der Waals surface area contributed by atoms with Crippen molar-refractivity contribution in [3.63, 3.8) is 0 Å². The molecule has 0 fully saturated rings. The van der Waals surface area contributed by atoms with Crippen molar-refractivity contribution in [1.82, 2.24) is 0 Å². The van der Waals surface area contributed by atoms with Gasteiger partial charge in [0.05, 0.1) is 5.56 Å². The molecule has 0 amide bonds. The van der Waals surface area contributed by atoms with E-state index in [1.165, 1.54) is 0 Å². The smallest absolute Gasteiger partial charge is 0.101 e. The number of alkyl halides is 1. The van der Waals surface area contributed by atoms with Gasteiger partial charge in [0, 0.05) is 27.0 Å². The molecule has 0 bridgehead atoms. The first-order valence-corrected chi connectivity index (χ1v) is 5.43. The van der Waals surface area contributed by atoms with E-state index in [-0.39, 0.29) is 0 Å². The minimum absolute atomic E-state index is 0.404. The van der Waals surface area contributed by atoms with E-state index >= 15 is 0 Å². The zero-order valence-electron chi connectivity index (χ0n) is 7.25. The number of nitriles is 1. The van der Waals surface area contributed by atoms with Crippen LogP contribution in [0.15, 0.2) is 17.5 Å². The predicted octanol–water partition coefficient (Wildman–Crippen LogP) is 3.09. The Kier molecular flexibility index (Phi) is 2.32. The van der Waals surface area contributed by atoms with Crippen molar-refractivity contribution in [2.24, 2.45) is 0 Å². The van der Waals surface area contributed by atoms with E-state index in [1.807, 2.05) is 17.5 Å². The molecule has 2 aromatic rings. The third kappa shape index (κ3) is 1.33. The van der Waals surface area contributed by atoms with Crippen LogP contribution in [-0.4, -0.2) is 0 Å². The summed E-state index contributed by atoms with van der Waals surface area (Å²) in [6.45, 7) is 0. The van der Waals surface area contributed by atoms with E-state index in [4.69, 9.17) is 22.6 Å². The van der Waals surface area contributed by atoms with E-state index in [0.717, 1.165) is 15.6 Å². The van der Waals surface area contributed by atoms with Gasteiger partial charge in [-0.3, -0.25) is 0 Å². The molecule has 2 nitrogen and oxygen atoms in total. The van der Waals surface area contributed by atoms with E-state index in [0.29, 0.717) is 17.1 Å². The van der Waals surface area contributed by atoms with Crippen molar-refractivity contribution in [2.45, 2.75) is 5.88 Å². The Labute approximate surface area is 90.5 Å². The molecule has 0 unspecified atom stereocenters. The fourth-order valence-corrected chi connectivity index (χ4v) is 2.50. The molecule has 1 heterocycles. The normalized spacial score (nSPS) is 10.3. The van der Waals surface area contributed by atoms with Gasteiger partial charge in [-0.2, -0.15) is 5.26 Å². The van der Waals surface area contributed by atoms with Crippen LogP contribution < -0.4 is 5.73 Å². The van der Waals surface area contributed by atoms with Crippen LogP contribution in [-0.2, 0) is 5.88 Å². The van der Waals surface area contributed by atoms with Crippen LogP contribution in [0.25, 0.3) is 10.1 Å². The molecule has 0 spiro atoms. The van der Waals surface area contributed by atoms with Gasteiger partial charge in [0.1, 0.15) is 6.07 Å². The zero-order chi connectivity index (χ0) is 10.1. The molecule has 0 saturated carbocycles. The number of thiophene rings is 1. The third-order valence-electron chi connectivity index (χ3n) is 2.10. The van der Waals surface area contributed by atoms with Crippen LogP contribution in [0.4, 0.5) is 5.69 Å². The molecule has 0 radical (unpaired) electrons. The lowest BCUT2D eigenvalue weighted by Crippen LogP contribution is -1.91. The van der Waals surface area contributed by atoms with Crippen molar-refractivity contribution >= 4 is 38.7 Å². The maximum absolute atomic E-state index is 8.83. The number of fused-ring (bicyclic) bond motifs is 1. The first-order chi connectivity index (χ1) is 6.76. The van der Waals surface area contributed by atoms with Gasteiger partial charge in [-0.1, -0.05) is 0 Å². The summed E-state index contributed by atoms with van der Waals surface area (Å²) in [5.41, 5.74) is 8.05. The van der Waals surface area contributed by atoms with E-state index in [1.54, 1.807) is 11.3 Å². The number of hydrogen-bond donors (Lipinski definition) is 1. The summed E-state index contributed by atoms with van der Waals surface area (Å²) in [4.78, 5) is 0. The average Bonchev–Trinajstić information content (AvgIpc) is 2.58. The second-order valence-electron chi connectivity index (χ2n) is 2.94. The number of nitrogens with zero attached hydrogens (tertiary/aromatic N) is 1. The van der Waals surface area contributed by atoms with Crippen LogP contribution in [0.5, 0.6) is 0 Å². The highest BCUT2D eigenvalue weighted by molar-refractivity contribution is 7.17. The number of benzene rings is 1. The number of hydrogen-bond acceptors (Lipinski definition) is 3. The van der Waals surface area contributed by atoms with Crippen molar-refractivity contribution < 1.29 is 0 Å². The summed E-state index contributed by atoms with van der Waals surface area (Å²) >= 11 is 7.27. The Morgan fingerprint density at radius 1 is 1.50 bits per heavy atom. The molecule has 2 N–H and O–H groups in total. The maximum atomic E-state index is 8.83. The first-order valence-electron chi connectivity index (χ1n) is 4.02. The molecule has 2 rings (SSSR count). The second kappa shape index (κ2) is 3.49. The minimum atomic E-state index is 0.404. The van der Waals surface area contributed by atoms with Crippen LogP contribution in [0.2, 0.25) is 0 Å². The molecule has 0 saturated heterocycles. The number of rotatable bonds is 1. The minimum Gasteiger partial charge on any atom is -0.398 e. The molecule has 0 aliphatic carbocycles. The molecular weight excluding hydrogens is 216 g/mol. The third-order valence-corrected chi connectivity index (χ3v) is 3.33. The van der Waals surface area contributed by atoms with E-state index < -0.39 is 0 Å². The maximum Gasteiger partial charge on any atom is 0.101 e. The van der Waals surface area contributed by atoms with Crippen LogP contribution >= 0.6 is 22.9 Å². The van der Waals surface area contributed by atoms with Gasteiger partial charge in [0.2, 0.25) is 0 Å². The monoisotopic (exact) mass is 222 g/mol. The summed E-state index contributed by atoms with van der Waals surface area (Å²) in [6, 6.07) is 5.91. The van der Waals surface area contributed by atoms with Gasteiger partial charge in [-0.05, 0) is 17.7 Å². The van der Waals surface area contributed by atoms with Gasteiger partial charge in [0.15, 0.2) is 0 Å². The van der Waals surface area contributed by atoms with Gasteiger partial charge >= 0.3 is 0 Å². The summed E-state index contributed by atoms with van der Waals surface area (Å²) < 4.78 is 1.06. The number of nitrogen functional groups attached to an aromatic ring is 1. The highest BCUT2D eigenvalue weighted by Crippen LogP contribution is 2.30. The van der Waals surface area contributed by atoms with Crippen LogP contribution in [0.1, 0.15) is 11.1 Å². The number of halogens is 1. The van der Waals surface area contributed by atoms with Gasteiger partial charge in [-0.25, -0.2) is 0 Å². The highest BCUT2D eigenvalue weighted by Gasteiger charge is 2.06. The molecule has 4 heteroatoms. The van der Waals surface area contributed by atoms with Gasteiger partial charge in [-0.15, -0.1) is 22.9 Å². The molecular formula is C10H7ClN2S. The number of nitrogens with two attached hydrogens (primary N) is 1. The van der Waals surface area contributed by atoms with Crippen molar-refractivity contribution in [1.29, 1.82) is 5.26 Å². The summed E-state index contributed by atoms with van der Waals surface area (Å²) in [5.74, 6) is 0.404. The second-order valence-corrected chi connectivity index (χ2v) is 4.12. The summed E-state index contributed by atoms with van der Waals surface area (Å²) in [7, 11) is 0. The largest absolute Gasteiger partial charge is 0.398 e. The number of anilines is 1. The molecule has 1 aromatic carbocycles. The molecule has 1 aromatic heterocycles. The molecule has 0 aliphatic heterocycles. The van der Waals surface area contributed by atoms with E-state index in [9.17, 15) is 0 Å². The van der Waals surface area contributed by atoms with Crippen molar-refractivity contribution in [2.75, 3.05) is 5.73 Å². The summed E-state index contributed by atoms with van der Waals surface area (Å²) in [5, 5.41) is 11.6. The Morgan fingerprint density at radius 2 is 2.29 bits per heavy atom. The zero-order valence-corrected chi connectivity index (χ0v) is 8.82. The lowest BCUT2D eigenvalue weighted by atomic mass is 10.1. The highest BCUT2D eigenvalue weighted by atomic mass is 35.5. The van der Waals surface area contributed by atoms with Crippen molar-refractivity contribution in [3.05, 3.63) is 28.6 Å². The van der Waals surface area contributed by atoms with Crippen LogP contribution in [0, 0.1) is 11.3 Å². The van der Waals surface area contributed by atoms with Gasteiger partial charge in [0.25, 0.3) is 0 Å². The predicted molar refractivity (Wildman–Crippen MR) is 60.5 cm³/mol. The quantitative estimate of drug-likeness (QED) is 0.596. The lowest BCUT2D eigenvalue weighted by Gasteiger charge is -2.01. The van der Waals surface area contributed by atoms with Gasteiger partial charge < -0.3 is 5.73 Å². The SMILES string of the molecule is N#Cc1csc2cc(CCl)c(N)cc12. The Bertz CT molecular complexity index is 525. The Morgan fingerprint density at radius 3 is 2.93 bits per heavy atom. The average molecular weight is 223 g/mol. The molecule has 14 heavy (non-hydrogen) atoms. The Balaban J connectivity index is 2.77.